The molecule has 0 bridgehead atoms. The predicted molar refractivity (Wildman–Crippen MR) is 102 cm³/mol. The van der Waals surface area contributed by atoms with E-state index in [1.165, 1.54) is 6.07 Å². The first-order valence-electron chi connectivity index (χ1n) is 9.38. The van der Waals surface area contributed by atoms with Crippen LogP contribution in [-0.2, 0) is 20.9 Å². The summed E-state index contributed by atoms with van der Waals surface area (Å²) < 4.78 is 41.0. The van der Waals surface area contributed by atoms with E-state index in [-0.39, 0.29) is 12.6 Å². The molecule has 10 heteroatoms. The molecular formula is C19H27F3N4O3. The number of piperazine rings is 1. The Morgan fingerprint density at radius 3 is 2.52 bits per heavy atom. The zero-order valence-corrected chi connectivity index (χ0v) is 16.6. The summed E-state index contributed by atoms with van der Waals surface area (Å²) in [5, 5.41) is 5.12. The molecule has 1 aliphatic rings. The van der Waals surface area contributed by atoms with Crippen molar-refractivity contribution < 1.29 is 27.5 Å². The number of alkyl halides is 3. The smallest absolute Gasteiger partial charge is 0.367 e. The number of benzene rings is 1. The molecule has 2 amide bonds. The number of nitrogens with zero attached hydrogens (tertiary/aromatic N) is 2. The molecule has 2 rings (SSSR count). The normalized spacial score (nSPS) is 17.0. The largest absolute Gasteiger partial charge is 0.411 e. The van der Waals surface area contributed by atoms with Gasteiger partial charge in [-0.25, -0.2) is 0 Å². The maximum absolute atomic E-state index is 12.1. The van der Waals surface area contributed by atoms with Crippen molar-refractivity contribution >= 4 is 17.5 Å². The van der Waals surface area contributed by atoms with Gasteiger partial charge in [-0.1, -0.05) is 12.1 Å². The molecule has 29 heavy (non-hydrogen) atoms. The van der Waals surface area contributed by atoms with Crippen LogP contribution in [0.25, 0.3) is 0 Å². The molecule has 1 fully saturated rings. The van der Waals surface area contributed by atoms with Crippen LogP contribution in [-0.4, -0.2) is 80.2 Å². The van der Waals surface area contributed by atoms with Crippen molar-refractivity contribution in [3.63, 3.8) is 0 Å². The number of halogens is 3. The number of ether oxygens (including phenoxy) is 1. The molecule has 0 aromatic heterocycles. The Balaban J connectivity index is 1.78. The summed E-state index contributed by atoms with van der Waals surface area (Å²) in [5.74, 6) is -1.59. The number of hydrogen-bond acceptors (Lipinski definition) is 5. The second-order valence-corrected chi connectivity index (χ2v) is 7.24. The first-order chi connectivity index (χ1) is 13.6. The van der Waals surface area contributed by atoms with Crippen LogP contribution in [0.5, 0.6) is 0 Å². The van der Waals surface area contributed by atoms with Gasteiger partial charge in [-0.15, -0.1) is 0 Å². The Labute approximate surface area is 168 Å². The van der Waals surface area contributed by atoms with Gasteiger partial charge < -0.3 is 20.3 Å². The third kappa shape index (κ3) is 8.80. The van der Waals surface area contributed by atoms with Crippen LogP contribution >= 0.6 is 0 Å². The van der Waals surface area contributed by atoms with E-state index in [9.17, 15) is 22.8 Å². The van der Waals surface area contributed by atoms with Crippen LogP contribution in [0.1, 0.15) is 12.5 Å². The van der Waals surface area contributed by atoms with E-state index in [0.29, 0.717) is 17.8 Å². The fourth-order valence-corrected chi connectivity index (χ4v) is 2.96. The molecule has 0 spiro atoms. The Morgan fingerprint density at radius 1 is 1.17 bits per heavy atom. The summed E-state index contributed by atoms with van der Waals surface area (Å²) in [6, 6.07) is 5.96. The molecule has 7 nitrogen and oxygen atoms in total. The van der Waals surface area contributed by atoms with Crippen molar-refractivity contribution in [1.29, 1.82) is 0 Å². The topological polar surface area (TPSA) is 73.9 Å². The number of amides is 2. The van der Waals surface area contributed by atoms with Gasteiger partial charge in [0.2, 0.25) is 0 Å². The van der Waals surface area contributed by atoms with Crippen molar-refractivity contribution in [2.24, 2.45) is 0 Å². The summed E-state index contributed by atoms with van der Waals surface area (Å²) in [6.07, 6.45) is -4.40. The van der Waals surface area contributed by atoms with E-state index in [4.69, 9.17) is 0 Å². The van der Waals surface area contributed by atoms with Crippen LogP contribution < -0.4 is 10.6 Å². The summed E-state index contributed by atoms with van der Waals surface area (Å²) in [5.41, 5.74) is 0.765. The van der Waals surface area contributed by atoms with E-state index < -0.39 is 24.6 Å². The lowest BCUT2D eigenvalue weighted by atomic mass is 10.2. The maximum Gasteiger partial charge on any atom is 0.411 e. The fraction of sp³-hybridized carbons (Fsp3) is 0.579. The van der Waals surface area contributed by atoms with Crippen LogP contribution in [0, 0.1) is 0 Å². The Hall–Kier alpha value is -2.17. The predicted octanol–water partition coefficient (Wildman–Crippen LogP) is 1.46. The Bertz CT molecular complexity index is 692. The summed E-state index contributed by atoms with van der Waals surface area (Å²) in [6.45, 7) is 4.63. The van der Waals surface area contributed by atoms with Crippen molar-refractivity contribution in [3.05, 3.63) is 29.8 Å². The van der Waals surface area contributed by atoms with Crippen molar-refractivity contribution in [1.82, 2.24) is 15.1 Å². The molecular weight excluding hydrogens is 389 g/mol. The lowest BCUT2D eigenvalue weighted by Crippen LogP contribution is -2.51. The Kier molecular flexibility index (Phi) is 8.42. The third-order valence-corrected chi connectivity index (χ3v) is 4.43. The van der Waals surface area contributed by atoms with Gasteiger partial charge in [0.25, 0.3) is 0 Å². The standard InChI is InChI=1S/C19H27F3N4O3/c1-14(11-26-8-6-25(2)7-9-26)23-17(27)18(28)24-16-5-3-4-15(10-16)12-29-13-19(20,21)22/h3-5,10,14H,6-9,11-13H2,1-2H3,(H,23,27)(H,24,28)/t14-/m1/s1. The highest BCUT2D eigenvalue weighted by atomic mass is 19.4. The minimum Gasteiger partial charge on any atom is -0.367 e. The van der Waals surface area contributed by atoms with Crippen LogP contribution in [0.15, 0.2) is 24.3 Å². The number of anilines is 1. The molecule has 0 saturated carbocycles. The van der Waals surface area contributed by atoms with Crippen LogP contribution in [0.4, 0.5) is 18.9 Å². The molecule has 0 radical (unpaired) electrons. The molecule has 2 N–H and O–H groups in total. The molecule has 1 heterocycles. The first kappa shape index (κ1) is 23.1. The van der Waals surface area contributed by atoms with Gasteiger partial charge in [0, 0.05) is 44.5 Å². The SMILES string of the molecule is C[C@H](CN1CCN(C)CC1)NC(=O)C(=O)Nc1cccc(COCC(F)(F)F)c1. The third-order valence-electron chi connectivity index (χ3n) is 4.43. The van der Waals surface area contributed by atoms with Crippen molar-refractivity contribution in [2.45, 2.75) is 25.7 Å². The molecule has 1 atom stereocenters. The molecule has 0 aliphatic carbocycles. The lowest BCUT2D eigenvalue weighted by Gasteiger charge is -2.33. The minimum absolute atomic E-state index is 0.196. The second kappa shape index (κ2) is 10.6. The number of nitrogens with one attached hydrogen (secondary N) is 2. The van der Waals surface area contributed by atoms with Gasteiger partial charge in [-0.3, -0.25) is 14.5 Å². The molecule has 1 aliphatic heterocycles. The highest BCUT2D eigenvalue weighted by Gasteiger charge is 2.27. The zero-order valence-electron chi connectivity index (χ0n) is 16.6. The highest BCUT2D eigenvalue weighted by Crippen LogP contribution is 2.17. The number of rotatable bonds is 7. The second-order valence-electron chi connectivity index (χ2n) is 7.24. The summed E-state index contributed by atoms with van der Waals surface area (Å²) >= 11 is 0. The quantitative estimate of drug-likeness (QED) is 0.659. The summed E-state index contributed by atoms with van der Waals surface area (Å²) in [7, 11) is 2.06. The molecule has 0 unspecified atom stereocenters. The zero-order chi connectivity index (χ0) is 21.4. The van der Waals surface area contributed by atoms with E-state index >= 15 is 0 Å². The van der Waals surface area contributed by atoms with Gasteiger partial charge in [0.15, 0.2) is 0 Å². The van der Waals surface area contributed by atoms with E-state index in [1.807, 2.05) is 6.92 Å². The van der Waals surface area contributed by atoms with E-state index in [1.54, 1.807) is 18.2 Å². The van der Waals surface area contributed by atoms with Gasteiger partial charge in [-0.2, -0.15) is 13.2 Å². The number of carbonyl (C=O) groups excluding carboxylic acids is 2. The molecule has 162 valence electrons. The Morgan fingerprint density at radius 2 is 1.86 bits per heavy atom. The van der Waals surface area contributed by atoms with Gasteiger partial charge >= 0.3 is 18.0 Å². The number of hydrogen-bond donors (Lipinski definition) is 2. The van der Waals surface area contributed by atoms with Gasteiger partial charge in [-0.05, 0) is 31.7 Å². The molecule has 1 aromatic carbocycles. The summed E-state index contributed by atoms with van der Waals surface area (Å²) in [4.78, 5) is 28.7. The maximum atomic E-state index is 12.1. The first-order valence-corrected chi connectivity index (χ1v) is 9.38. The van der Waals surface area contributed by atoms with Gasteiger partial charge in [0.05, 0.1) is 6.61 Å². The van der Waals surface area contributed by atoms with Gasteiger partial charge in [0.1, 0.15) is 6.61 Å². The van der Waals surface area contributed by atoms with Crippen molar-refractivity contribution in [2.75, 3.05) is 51.7 Å². The van der Waals surface area contributed by atoms with E-state index in [0.717, 1.165) is 26.2 Å². The number of carbonyl (C=O) groups is 2. The number of likely N-dealkylation sites (N-methyl/N-ethyl adjacent to an activating group) is 1. The average Bonchev–Trinajstić information content (AvgIpc) is 2.63. The van der Waals surface area contributed by atoms with Crippen LogP contribution in [0.2, 0.25) is 0 Å². The monoisotopic (exact) mass is 416 g/mol. The fourth-order valence-electron chi connectivity index (χ4n) is 2.96. The lowest BCUT2D eigenvalue weighted by molar-refractivity contribution is -0.176. The average molecular weight is 416 g/mol. The molecule has 1 saturated heterocycles. The van der Waals surface area contributed by atoms with E-state index in [2.05, 4.69) is 32.2 Å². The van der Waals surface area contributed by atoms with Crippen molar-refractivity contribution in [3.8, 4) is 0 Å². The minimum atomic E-state index is -4.40. The highest BCUT2D eigenvalue weighted by molar-refractivity contribution is 6.39. The molecule has 1 aromatic rings. The van der Waals surface area contributed by atoms with Crippen LogP contribution in [0.3, 0.4) is 0 Å².